The van der Waals surface area contributed by atoms with Gasteiger partial charge in [-0.2, -0.15) is 0 Å². The minimum Gasteiger partial charge on any atom is -0.466 e. The van der Waals surface area contributed by atoms with Crippen molar-refractivity contribution in [2.75, 3.05) is 0 Å². The lowest BCUT2D eigenvalue weighted by atomic mass is 10.1. The summed E-state index contributed by atoms with van der Waals surface area (Å²) in [6.07, 6.45) is 0. The number of nitro groups is 1. The number of nitro benzene ring substituents is 1. The second-order valence-corrected chi connectivity index (χ2v) is 5.29. The SMILES string of the molecule is Cc1cc(C(C)NCc2cccc([N+](=O)[O-])c2C)c(C)o1. The normalized spacial score (nSPS) is 12.4. The van der Waals surface area contributed by atoms with Crippen molar-refractivity contribution >= 4 is 5.69 Å². The van der Waals surface area contributed by atoms with Gasteiger partial charge >= 0.3 is 0 Å². The first-order chi connectivity index (χ1) is 9.90. The zero-order chi connectivity index (χ0) is 15.6. The Labute approximate surface area is 124 Å². The topological polar surface area (TPSA) is 68.3 Å². The fourth-order valence-electron chi connectivity index (χ4n) is 2.51. The van der Waals surface area contributed by atoms with Crippen LogP contribution >= 0.6 is 0 Å². The van der Waals surface area contributed by atoms with E-state index in [0.717, 1.165) is 22.6 Å². The Balaban J connectivity index is 2.11. The fourth-order valence-corrected chi connectivity index (χ4v) is 2.51. The van der Waals surface area contributed by atoms with Gasteiger partial charge in [0.25, 0.3) is 5.69 Å². The van der Waals surface area contributed by atoms with Crippen LogP contribution in [0.1, 0.15) is 41.2 Å². The van der Waals surface area contributed by atoms with Gasteiger partial charge < -0.3 is 9.73 Å². The summed E-state index contributed by atoms with van der Waals surface area (Å²) in [5, 5.41) is 14.3. The maximum absolute atomic E-state index is 11.0. The summed E-state index contributed by atoms with van der Waals surface area (Å²) in [4.78, 5) is 10.6. The van der Waals surface area contributed by atoms with Crippen molar-refractivity contribution < 1.29 is 9.34 Å². The quantitative estimate of drug-likeness (QED) is 0.667. The van der Waals surface area contributed by atoms with Crippen LogP contribution in [0.15, 0.2) is 28.7 Å². The third kappa shape index (κ3) is 3.31. The number of nitrogens with zero attached hydrogens (tertiary/aromatic N) is 1. The molecular formula is C16H20N2O3. The minimum atomic E-state index is -0.341. The van der Waals surface area contributed by atoms with E-state index in [9.17, 15) is 10.1 Å². The molecule has 2 aromatic rings. The molecule has 1 aromatic heterocycles. The van der Waals surface area contributed by atoms with Crippen LogP contribution in [-0.4, -0.2) is 4.92 Å². The Hall–Kier alpha value is -2.14. The van der Waals surface area contributed by atoms with Crippen molar-refractivity contribution in [1.29, 1.82) is 0 Å². The first-order valence-electron chi connectivity index (χ1n) is 6.93. The predicted molar refractivity (Wildman–Crippen MR) is 81.3 cm³/mol. The summed E-state index contributed by atoms with van der Waals surface area (Å²) in [6, 6.07) is 7.32. The van der Waals surface area contributed by atoms with Gasteiger partial charge in [-0.3, -0.25) is 10.1 Å². The van der Waals surface area contributed by atoms with Gasteiger partial charge in [0, 0.05) is 29.8 Å². The van der Waals surface area contributed by atoms with E-state index in [1.807, 2.05) is 26.0 Å². The fraction of sp³-hybridized carbons (Fsp3) is 0.375. The van der Waals surface area contributed by atoms with Crippen molar-refractivity contribution in [2.45, 2.75) is 40.3 Å². The highest BCUT2D eigenvalue weighted by atomic mass is 16.6. The Morgan fingerprint density at radius 3 is 2.62 bits per heavy atom. The van der Waals surface area contributed by atoms with Crippen LogP contribution in [0.4, 0.5) is 5.69 Å². The van der Waals surface area contributed by atoms with Crippen LogP contribution < -0.4 is 5.32 Å². The van der Waals surface area contributed by atoms with E-state index < -0.39 is 0 Å². The molecule has 0 spiro atoms. The second kappa shape index (κ2) is 6.10. The van der Waals surface area contributed by atoms with E-state index >= 15 is 0 Å². The highest BCUT2D eigenvalue weighted by Gasteiger charge is 2.15. The summed E-state index contributed by atoms with van der Waals surface area (Å²) >= 11 is 0. The van der Waals surface area contributed by atoms with Gasteiger partial charge in [0.1, 0.15) is 11.5 Å². The molecule has 112 valence electrons. The molecule has 1 heterocycles. The van der Waals surface area contributed by atoms with E-state index in [2.05, 4.69) is 12.2 Å². The average Bonchev–Trinajstić information content (AvgIpc) is 2.76. The van der Waals surface area contributed by atoms with E-state index in [4.69, 9.17) is 4.42 Å². The molecule has 0 saturated heterocycles. The second-order valence-electron chi connectivity index (χ2n) is 5.29. The molecule has 0 aliphatic heterocycles. The van der Waals surface area contributed by atoms with E-state index in [1.165, 1.54) is 6.07 Å². The number of furan rings is 1. The van der Waals surface area contributed by atoms with Crippen LogP contribution in [0.25, 0.3) is 0 Å². The van der Waals surface area contributed by atoms with Crippen LogP contribution in [-0.2, 0) is 6.54 Å². The highest BCUT2D eigenvalue weighted by Crippen LogP contribution is 2.24. The maximum Gasteiger partial charge on any atom is 0.272 e. The zero-order valence-corrected chi connectivity index (χ0v) is 12.8. The van der Waals surface area contributed by atoms with Gasteiger partial charge in [-0.25, -0.2) is 0 Å². The Morgan fingerprint density at radius 2 is 2.05 bits per heavy atom. The van der Waals surface area contributed by atoms with Crippen LogP contribution in [0.3, 0.4) is 0 Å². The highest BCUT2D eigenvalue weighted by molar-refractivity contribution is 5.44. The molecule has 0 saturated carbocycles. The molecule has 0 fully saturated rings. The lowest BCUT2D eigenvalue weighted by Gasteiger charge is -2.14. The summed E-state index contributed by atoms with van der Waals surface area (Å²) in [5.41, 5.74) is 2.93. The Bertz CT molecular complexity index is 662. The minimum absolute atomic E-state index is 0.126. The van der Waals surface area contributed by atoms with E-state index in [0.29, 0.717) is 12.1 Å². The zero-order valence-electron chi connectivity index (χ0n) is 12.8. The van der Waals surface area contributed by atoms with Crippen molar-refractivity contribution in [3.8, 4) is 0 Å². The van der Waals surface area contributed by atoms with Crippen LogP contribution in [0.5, 0.6) is 0 Å². The van der Waals surface area contributed by atoms with Crippen molar-refractivity contribution in [1.82, 2.24) is 5.32 Å². The molecule has 5 nitrogen and oxygen atoms in total. The number of nitrogens with one attached hydrogen (secondary N) is 1. The van der Waals surface area contributed by atoms with Gasteiger partial charge in [-0.1, -0.05) is 12.1 Å². The Morgan fingerprint density at radius 1 is 1.33 bits per heavy atom. The first-order valence-corrected chi connectivity index (χ1v) is 6.93. The molecule has 1 atom stereocenters. The van der Waals surface area contributed by atoms with Gasteiger partial charge in [-0.05, 0) is 39.3 Å². The standard InChI is InChI=1S/C16H20N2O3/c1-10-8-15(13(4)21-10)12(3)17-9-14-6-5-7-16(11(14)2)18(19)20/h5-8,12,17H,9H2,1-4H3. The van der Waals surface area contributed by atoms with Crippen molar-refractivity contribution in [3.63, 3.8) is 0 Å². The number of benzene rings is 1. The number of hydrogen-bond acceptors (Lipinski definition) is 4. The van der Waals surface area contributed by atoms with Crippen LogP contribution in [0, 0.1) is 30.9 Å². The molecule has 5 heteroatoms. The van der Waals surface area contributed by atoms with Crippen molar-refractivity contribution in [2.24, 2.45) is 0 Å². The number of hydrogen-bond donors (Lipinski definition) is 1. The molecular weight excluding hydrogens is 268 g/mol. The molecule has 1 aromatic carbocycles. The Kier molecular flexibility index (Phi) is 4.43. The van der Waals surface area contributed by atoms with Crippen molar-refractivity contribution in [3.05, 3.63) is 62.6 Å². The molecule has 0 aliphatic carbocycles. The molecule has 0 amide bonds. The third-order valence-electron chi connectivity index (χ3n) is 3.76. The van der Waals surface area contributed by atoms with Gasteiger partial charge in [-0.15, -0.1) is 0 Å². The first kappa shape index (κ1) is 15.3. The predicted octanol–water partition coefficient (Wildman–Crippen LogP) is 3.96. The average molecular weight is 288 g/mol. The lowest BCUT2D eigenvalue weighted by molar-refractivity contribution is -0.385. The van der Waals surface area contributed by atoms with E-state index in [-0.39, 0.29) is 16.7 Å². The summed E-state index contributed by atoms with van der Waals surface area (Å²) in [7, 11) is 0. The molecule has 0 bridgehead atoms. The molecule has 2 rings (SSSR count). The molecule has 0 aliphatic rings. The summed E-state index contributed by atoms with van der Waals surface area (Å²) < 4.78 is 5.53. The van der Waals surface area contributed by atoms with Gasteiger partial charge in [0.2, 0.25) is 0 Å². The van der Waals surface area contributed by atoms with Gasteiger partial charge in [0.05, 0.1) is 4.92 Å². The van der Waals surface area contributed by atoms with Crippen LogP contribution in [0.2, 0.25) is 0 Å². The third-order valence-corrected chi connectivity index (χ3v) is 3.76. The largest absolute Gasteiger partial charge is 0.466 e. The smallest absolute Gasteiger partial charge is 0.272 e. The molecule has 1 unspecified atom stereocenters. The van der Waals surface area contributed by atoms with Gasteiger partial charge in [0.15, 0.2) is 0 Å². The molecule has 21 heavy (non-hydrogen) atoms. The summed E-state index contributed by atoms with van der Waals surface area (Å²) in [5.74, 6) is 1.80. The number of aryl methyl sites for hydroxylation is 2. The lowest BCUT2D eigenvalue weighted by Crippen LogP contribution is -2.19. The number of rotatable bonds is 5. The van der Waals surface area contributed by atoms with E-state index in [1.54, 1.807) is 13.0 Å². The molecule has 1 N–H and O–H groups in total. The molecule has 0 radical (unpaired) electrons. The maximum atomic E-state index is 11.0. The monoisotopic (exact) mass is 288 g/mol. The summed E-state index contributed by atoms with van der Waals surface area (Å²) in [6.45, 7) is 8.29.